The largest absolute Gasteiger partial charge is 0.0599 e. The van der Waals surface area contributed by atoms with Gasteiger partial charge in [-0.3, -0.25) is 0 Å². The maximum absolute atomic E-state index is 2.30. The smallest absolute Gasteiger partial charge is 0.0297 e. The van der Waals surface area contributed by atoms with Gasteiger partial charge in [0.1, 0.15) is 0 Å². The summed E-state index contributed by atoms with van der Waals surface area (Å²) in [4.78, 5) is 0. The second kappa shape index (κ2) is 1.78. The Kier molecular flexibility index (Phi) is 1.19. The van der Waals surface area contributed by atoms with Crippen molar-refractivity contribution in [3.63, 3.8) is 0 Å². The van der Waals surface area contributed by atoms with Crippen LogP contribution in [0.3, 0.4) is 0 Å². The maximum Gasteiger partial charge on any atom is -0.0297 e. The molecule has 3 rings (SSSR count). The summed E-state index contributed by atoms with van der Waals surface area (Å²) < 4.78 is 0. The lowest BCUT2D eigenvalue weighted by atomic mass is 10.2. The minimum Gasteiger partial charge on any atom is -0.0599 e. The molecule has 0 amide bonds. The minimum absolute atomic E-state index is 0.750. The van der Waals surface area contributed by atoms with Crippen molar-refractivity contribution in [1.29, 1.82) is 0 Å². The Bertz CT molecular complexity index is 107. The van der Waals surface area contributed by atoms with E-state index in [1.807, 2.05) is 0 Å². The van der Waals surface area contributed by atoms with Crippen molar-refractivity contribution < 1.29 is 0 Å². The lowest BCUT2D eigenvalue weighted by molar-refractivity contribution is 0.653. The molecule has 0 aliphatic heterocycles. The van der Waals surface area contributed by atoms with Gasteiger partial charge in [-0.25, -0.2) is 0 Å². The van der Waals surface area contributed by atoms with Gasteiger partial charge < -0.3 is 0 Å². The first-order valence-corrected chi connectivity index (χ1v) is 4.62. The second-order valence-electron chi connectivity index (χ2n) is 5.16. The average molecular weight is 138 g/mol. The summed E-state index contributed by atoms with van der Waals surface area (Å²) >= 11 is 0. The SMILES string of the molecule is C1CC12CC2.CC1(C)CC1. The third-order valence-corrected chi connectivity index (χ3v) is 3.16. The maximum atomic E-state index is 2.30. The van der Waals surface area contributed by atoms with E-state index in [2.05, 4.69) is 13.8 Å². The van der Waals surface area contributed by atoms with Crippen LogP contribution in [0.2, 0.25) is 0 Å². The molecule has 0 nitrogen and oxygen atoms in total. The first-order valence-electron chi connectivity index (χ1n) is 4.62. The fraction of sp³-hybridized carbons (Fsp3) is 1.00. The lowest BCUT2D eigenvalue weighted by Crippen LogP contribution is -1.75. The molecule has 1 spiro atoms. The summed E-state index contributed by atoms with van der Waals surface area (Å²) in [5, 5.41) is 0. The van der Waals surface area contributed by atoms with E-state index in [9.17, 15) is 0 Å². The van der Waals surface area contributed by atoms with Crippen LogP contribution < -0.4 is 0 Å². The molecule has 0 N–H and O–H groups in total. The van der Waals surface area contributed by atoms with Crippen LogP contribution >= 0.6 is 0 Å². The van der Waals surface area contributed by atoms with Crippen molar-refractivity contribution in [2.24, 2.45) is 10.8 Å². The van der Waals surface area contributed by atoms with Gasteiger partial charge in [0.25, 0.3) is 0 Å². The van der Waals surface area contributed by atoms with Gasteiger partial charge in [0, 0.05) is 0 Å². The standard InChI is InChI=1S/C5H8.C5H10/c1-2-5(1)3-4-5;1-5(2)3-4-5/h1-4H2;3-4H2,1-2H3. The van der Waals surface area contributed by atoms with Gasteiger partial charge in [-0.1, -0.05) is 13.8 Å². The predicted molar refractivity (Wildman–Crippen MR) is 43.9 cm³/mol. The highest BCUT2D eigenvalue weighted by Crippen LogP contribution is 2.65. The van der Waals surface area contributed by atoms with Gasteiger partial charge in [0.2, 0.25) is 0 Å². The summed E-state index contributed by atoms with van der Waals surface area (Å²) in [5.74, 6) is 0. The van der Waals surface area contributed by atoms with E-state index in [0.29, 0.717) is 0 Å². The van der Waals surface area contributed by atoms with Crippen molar-refractivity contribution in [3.8, 4) is 0 Å². The molecular formula is C10H18. The first-order chi connectivity index (χ1) is 4.62. The fourth-order valence-corrected chi connectivity index (χ4v) is 1.10. The Morgan fingerprint density at radius 3 is 1.00 bits per heavy atom. The molecule has 3 saturated carbocycles. The van der Waals surface area contributed by atoms with Crippen molar-refractivity contribution in [1.82, 2.24) is 0 Å². The van der Waals surface area contributed by atoms with Crippen LogP contribution in [0.15, 0.2) is 0 Å². The fourth-order valence-electron chi connectivity index (χ4n) is 1.10. The van der Waals surface area contributed by atoms with Gasteiger partial charge in [0.05, 0.1) is 0 Å². The van der Waals surface area contributed by atoms with E-state index in [1.165, 1.54) is 12.8 Å². The molecule has 58 valence electrons. The van der Waals surface area contributed by atoms with E-state index in [1.54, 1.807) is 25.7 Å². The third kappa shape index (κ3) is 1.74. The predicted octanol–water partition coefficient (Wildman–Crippen LogP) is 3.37. The highest BCUT2D eigenvalue weighted by Gasteiger charge is 2.52. The Hall–Kier alpha value is 0. The summed E-state index contributed by atoms with van der Waals surface area (Å²) in [6, 6.07) is 0. The first kappa shape index (κ1) is 6.69. The quantitative estimate of drug-likeness (QED) is 0.481. The minimum atomic E-state index is 0.750. The lowest BCUT2D eigenvalue weighted by Gasteiger charge is -1.86. The van der Waals surface area contributed by atoms with E-state index in [0.717, 1.165) is 10.8 Å². The van der Waals surface area contributed by atoms with Crippen molar-refractivity contribution in [2.75, 3.05) is 0 Å². The average Bonchev–Trinajstić information content (AvgIpc) is 2.64. The summed E-state index contributed by atoms with van der Waals surface area (Å²) in [5.41, 5.74) is 1.75. The zero-order valence-corrected chi connectivity index (χ0v) is 7.24. The topological polar surface area (TPSA) is 0 Å². The Labute approximate surface area is 64.0 Å². The molecule has 3 aliphatic carbocycles. The molecule has 0 radical (unpaired) electrons. The van der Waals surface area contributed by atoms with Crippen molar-refractivity contribution in [3.05, 3.63) is 0 Å². The highest BCUT2D eigenvalue weighted by atomic mass is 14.6. The van der Waals surface area contributed by atoms with Gasteiger partial charge in [0.15, 0.2) is 0 Å². The number of rotatable bonds is 0. The number of hydrogen-bond acceptors (Lipinski definition) is 0. The molecule has 3 aliphatic rings. The summed E-state index contributed by atoms with van der Waals surface area (Å²) in [6.07, 6.45) is 9.15. The van der Waals surface area contributed by atoms with E-state index >= 15 is 0 Å². The zero-order valence-electron chi connectivity index (χ0n) is 7.24. The second-order valence-corrected chi connectivity index (χ2v) is 5.16. The molecule has 0 unspecified atom stereocenters. The molecule has 0 aromatic rings. The number of hydrogen-bond donors (Lipinski definition) is 0. The Morgan fingerprint density at radius 2 is 1.00 bits per heavy atom. The van der Waals surface area contributed by atoms with Gasteiger partial charge in [-0.05, 0) is 49.4 Å². The van der Waals surface area contributed by atoms with Crippen LogP contribution in [0, 0.1) is 10.8 Å². The normalized spacial score (nSPS) is 34.2. The van der Waals surface area contributed by atoms with Gasteiger partial charge >= 0.3 is 0 Å². The summed E-state index contributed by atoms with van der Waals surface area (Å²) in [6.45, 7) is 4.60. The van der Waals surface area contributed by atoms with Crippen LogP contribution in [-0.2, 0) is 0 Å². The van der Waals surface area contributed by atoms with E-state index in [-0.39, 0.29) is 0 Å². The monoisotopic (exact) mass is 138 g/mol. The molecule has 0 aromatic carbocycles. The van der Waals surface area contributed by atoms with Crippen LogP contribution in [0.25, 0.3) is 0 Å². The van der Waals surface area contributed by atoms with Gasteiger partial charge in [-0.15, -0.1) is 0 Å². The zero-order chi connectivity index (χ0) is 7.24. The van der Waals surface area contributed by atoms with Crippen LogP contribution in [0.5, 0.6) is 0 Å². The third-order valence-electron chi connectivity index (χ3n) is 3.16. The Morgan fingerprint density at radius 1 is 0.700 bits per heavy atom. The molecular weight excluding hydrogens is 120 g/mol. The molecule has 0 aromatic heterocycles. The molecule has 0 heteroatoms. The molecule has 3 fully saturated rings. The molecule has 0 heterocycles. The van der Waals surface area contributed by atoms with E-state index in [4.69, 9.17) is 0 Å². The molecule has 0 atom stereocenters. The van der Waals surface area contributed by atoms with Crippen molar-refractivity contribution >= 4 is 0 Å². The summed E-state index contributed by atoms with van der Waals surface area (Å²) in [7, 11) is 0. The van der Waals surface area contributed by atoms with Crippen LogP contribution in [0.4, 0.5) is 0 Å². The highest BCUT2D eigenvalue weighted by molar-refractivity contribution is 5.04. The van der Waals surface area contributed by atoms with Crippen LogP contribution in [0.1, 0.15) is 52.4 Å². The van der Waals surface area contributed by atoms with E-state index < -0.39 is 0 Å². The molecule has 10 heavy (non-hydrogen) atoms. The molecule has 0 bridgehead atoms. The van der Waals surface area contributed by atoms with Crippen LogP contribution in [-0.4, -0.2) is 0 Å². The Balaban J connectivity index is 0.0000000807. The van der Waals surface area contributed by atoms with Gasteiger partial charge in [-0.2, -0.15) is 0 Å². The van der Waals surface area contributed by atoms with Crippen molar-refractivity contribution in [2.45, 2.75) is 52.4 Å². The molecule has 0 saturated heterocycles.